The largest absolute Gasteiger partial charge is 0.333 e. The molecule has 132 valence electrons. The zero-order valence-corrected chi connectivity index (χ0v) is 15.3. The topological polar surface area (TPSA) is 70.2 Å². The maximum absolute atomic E-state index is 12.1. The number of nitrogens with one attached hydrogen (secondary N) is 3. The molecule has 1 heterocycles. The van der Waals surface area contributed by atoms with Gasteiger partial charge in [0.2, 0.25) is 5.91 Å². The zero-order chi connectivity index (χ0) is 17.8. The van der Waals surface area contributed by atoms with Gasteiger partial charge in [-0.15, -0.1) is 11.3 Å². The summed E-state index contributed by atoms with van der Waals surface area (Å²) in [4.78, 5) is 25.0. The summed E-state index contributed by atoms with van der Waals surface area (Å²) in [6, 6.07) is 9.35. The number of benzene rings is 1. The predicted octanol–water partition coefficient (Wildman–Crippen LogP) is 3.97. The minimum absolute atomic E-state index is 0.0992. The van der Waals surface area contributed by atoms with Crippen LogP contribution in [0.4, 0.5) is 10.5 Å². The lowest BCUT2D eigenvalue weighted by molar-refractivity contribution is -0.117. The number of hydrogen-bond donors (Lipinski definition) is 3. The van der Waals surface area contributed by atoms with E-state index in [9.17, 15) is 9.59 Å². The van der Waals surface area contributed by atoms with Gasteiger partial charge in [0.1, 0.15) is 0 Å². The average Bonchev–Trinajstić information content (AvgIpc) is 3.36. The Balaban J connectivity index is 1.48. The van der Waals surface area contributed by atoms with Crippen LogP contribution >= 0.6 is 11.3 Å². The molecule has 0 aliphatic heterocycles. The zero-order valence-electron chi connectivity index (χ0n) is 14.5. The van der Waals surface area contributed by atoms with Crippen molar-refractivity contribution in [2.24, 2.45) is 5.92 Å². The van der Waals surface area contributed by atoms with E-state index in [-0.39, 0.29) is 23.9 Å². The quantitative estimate of drug-likeness (QED) is 0.732. The molecule has 1 aliphatic rings. The van der Waals surface area contributed by atoms with Gasteiger partial charge in [0.15, 0.2) is 0 Å². The van der Waals surface area contributed by atoms with Gasteiger partial charge in [-0.2, -0.15) is 0 Å². The number of rotatable bonds is 6. The van der Waals surface area contributed by atoms with Crippen molar-refractivity contribution >= 4 is 29.0 Å². The molecule has 1 fully saturated rings. The highest BCUT2D eigenvalue weighted by Gasteiger charge is 2.29. The van der Waals surface area contributed by atoms with Crippen LogP contribution in [0.25, 0.3) is 0 Å². The van der Waals surface area contributed by atoms with Crippen LogP contribution in [-0.2, 0) is 11.3 Å². The number of carbonyl (C=O) groups excluding carboxylic acids is 2. The van der Waals surface area contributed by atoms with Gasteiger partial charge in [-0.05, 0) is 61.4 Å². The van der Waals surface area contributed by atoms with Crippen LogP contribution in [0.2, 0.25) is 0 Å². The van der Waals surface area contributed by atoms with Crippen molar-refractivity contribution < 1.29 is 9.59 Å². The monoisotopic (exact) mass is 357 g/mol. The van der Waals surface area contributed by atoms with Crippen LogP contribution in [0.1, 0.15) is 41.8 Å². The molecule has 0 radical (unpaired) electrons. The summed E-state index contributed by atoms with van der Waals surface area (Å²) in [7, 11) is 0. The Hall–Kier alpha value is -2.34. The molecule has 3 N–H and O–H groups in total. The highest BCUT2D eigenvalue weighted by atomic mass is 32.1. The van der Waals surface area contributed by atoms with Gasteiger partial charge >= 0.3 is 6.03 Å². The van der Waals surface area contributed by atoms with Gasteiger partial charge in [0.05, 0.1) is 12.6 Å². The molecule has 2 aromatic rings. The van der Waals surface area contributed by atoms with Gasteiger partial charge in [0, 0.05) is 16.5 Å². The van der Waals surface area contributed by atoms with Gasteiger partial charge in [-0.1, -0.05) is 12.1 Å². The minimum atomic E-state index is -0.189. The molecule has 5 nitrogen and oxygen atoms in total. The smallest absolute Gasteiger partial charge is 0.315 e. The van der Waals surface area contributed by atoms with E-state index in [2.05, 4.69) is 16.0 Å². The van der Waals surface area contributed by atoms with Crippen LogP contribution in [-0.4, -0.2) is 11.9 Å². The molecule has 3 amide bonds. The fourth-order valence-electron chi connectivity index (χ4n) is 2.52. The Morgan fingerprint density at radius 2 is 1.92 bits per heavy atom. The lowest BCUT2D eigenvalue weighted by atomic mass is 10.1. The van der Waals surface area contributed by atoms with Crippen molar-refractivity contribution in [2.75, 3.05) is 5.32 Å². The van der Waals surface area contributed by atoms with Crippen LogP contribution in [0.3, 0.4) is 0 Å². The Morgan fingerprint density at radius 3 is 2.52 bits per heavy atom. The van der Waals surface area contributed by atoms with E-state index in [0.29, 0.717) is 6.54 Å². The molecule has 0 bridgehead atoms. The van der Waals surface area contributed by atoms with E-state index < -0.39 is 0 Å². The lowest BCUT2D eigenvalue weighted by Gasteiger charge is -2.15. The van der Waals surface area contributed by atoms with Gasteiger partial charge < -0.3 is 16.0 Å². The van der Waals surface area contributed by atoms with Gasteiger partial charge in [0.25, 0.3) is 0 Å². The third kappa shape index (κ3) is 4.82. The second-order valence-electron chi connectivity index (χ2n) is 6.46. The van der Waals surface area contributed by atoms with Crippen LogP contribution in [0.15, 0.2) is 35.7 Å². The number of carbonyl (C=O) groups is 2. The van der Waals surface area contributed by atoms with Crippen molar-refractivity contribution in [3.8, 4) is 0 Å². The maximum atomic E-state index is 12.1. The van der Waals surface area contributed by atoms with E-state index in [1.54, 1.807) is 11.3 Å². The summed E-state index contributed by atoms with van der Waals surface area (Å²) in [6.45, 7) is 4.51. The highest BCUT2D eigenvalue weighted by Crippen LogP contribution is 2.30. The van der Waals surface area contributed by atoms with Crippen molar-refractivity contribution in [2.45, 2.75) is 39.3 Å². The first-order valence-corrected chi connectivity index (χ1v) is 9.39. The number of hydrogen-bond acceptors (Lipinski definition) is 3. The van der Waals surface area contributed by atoms with E-state index in [1.807, 2.05) is 49.6 Å². The molecule has 1 atom stereocenters. The summed E-state index contributed by atoms with van der Waals surface area (Å²) in [5, 5.41) is 10.8. The average molecular weight is 357 g/mol. The maximum Gasteiger partial charge on any atom is 0.315 e. The molecule has 25 heavy (non-hydrogen) atoms. The SMILES string of the molecule is Cc1ccsc1CNC(=O)N[C@H](C)c1ccc(NC(=O)C2CC2)cc1. The third-order valence-corrected chi connectivity index (χ3v) is 5.37. The summed E-state index contributed by atoms with van der Waals surface area (Å²) < 4.78 is 0. The van der Waals surface area contributed by atoms with Crippen LogP contribution in [0.5, 0.6) is 0 Å². The number of aryl methyl sites for hydroxylation is 1. The Morgan fingerprint density at radius 1 is 1.20 bits per heavy atom. The van der Waals surface area contributed by atoms with Crippen molar-refractivity contribution in [3.63, 3.8) is 0 Å². The summed E-state index contributed by atoms with van der Waals surface area (Å²) in [5.41, 5.74) is 2.99. The van der Waals surface area contributed by atoms with Gasteiger partial charge in [-0.3, -0.25) is 4.79 Å². The van der Waals surface area contributed by atoms with Crippen molar-refractivity contribution in [3.05, 3.63) is 51.7 Å². The fourth-order valence-corrected chi connectivity index (χ4v) is 3.37. The molecule has 0 spiro atoms. The summed E-state index contributed by atoms with van der Waals surface area (Å²) in [6.07, 6.45) is 1.98. The van der Waals surface area contributed by atoms with Crippen molar-refractivity contribution in [1.82, 2.24) is 10.6 Å². The molecule has 0 saturated heterocycles. The number of thiophene rings is 1. The molecule has 1 aromatic heterocycles. The second-order valence-corrected chi connectivity index (χ2v) is 7.46. The molecule has 6 heteroatoms. The Kier molecular flexibility index (Phi) is 5.38. The Bertz CT molecular complexity index is 750. The number of anilines is 1. The first kappa shape index (κ1) is 17.5. The predicted molar refractivity (Wildman–Crippen MR) is 101 cm³/mol. The van der Waals surface area contributed by atoms with Gasteiger partial charge in [-0.25, -0.2) is 4.79 Å². The minimum Gasteiger partial charge on any atom is -0.333 e. The lowest BCUT2D eigenvalue weighted by Crippen LogP contribution is -2.36. The van der Waals surface area contributed by atoms with E-state index in [0.717, 1.165) is 24.1 Å². The molecule has 1 aromatic carbocycles. The van der Waals surface area contributed by atoms with E-state index >= 15 is 0 Å². The van der Waals surface area contributed by atoms with Crippen LogP contribution < -0.4 is 16.0 Å². The first-order valence-electron chi connectivity index (χ1n) is 8.51. The summed E-state index contributed by atoms with van der Waals surface area (Å²) >= 11 is 1.64. The Labute approximate surface area is 151 Å². The third-order valence-electron chi connectivity index (χ3n) is 4.35. The molecule has 0 unspecified atom stereocenters. The first-order chi connectivity index (χ1) is 12.0. The van der Waals surface area contributed by atoms with Crippen molar-refractivity contribution in [1.29, 1.82) is 0 Å². The molecule has 3 rings (SSSR count). The highest BCUT2D eigenvalue weighted by molar-refractivity contribution is 7.10. The fraction of sp³-hybridized carbons (Fsp3) is 0.368. The number of urea groups is 1. The van der Waals surface area contributed by atoms with E-state index in [4.69, 9.17) is 0 Å². The number of amides is 3. The second kappa shape index (κ2) is 7.70. The van der Waals surface area contributed by atoms with E-state index in [1.165, 1.54) is 10.4 Å². The molecule has 1 aliphatic carbocycles. The standard InChI is InChI=1S/C19H23N3O2S/c1-12-9-10-25-17(12)11-20-19(24)21-13(2)14-5-7-16(8-6-14)22-18(23)15-3-4-15/h5-10,13,15H,3-4,11H2,1-2H3,(H,22,23)(H2,20,21,24)/t13-/m1/s1. The normalized spacial score (nSPS) is 14.6. The summed E-state index contributed by atoms with van der Waals surface area (Å²) in [5.74, 6) is 0.290. The molecular weight excluding hydrogens is 334 g/mol. The molecule has 1 saturated carbocycles. The molecular formula is C19H23N3O2S. The van der Waals surface area contributed by atoms with Crippen LogP contribution in [0, 0.1) is 12.8 Å².